The summed E-state index contributed by atoms with van der Waals surface area (Å²) in [4.78, 5) is 8.03. The smallest absolute Gasteiger partial charge is 0.194 e. The number of thiophene rings is 1. The molecule has 0 aliphatic carbocycles. The van der Waals surface area contributed by atoms with E-state index in [0.29, 0.717) is 19.6 Å². The van der Waals surface area contributed by atoms with Gasteiger partial charge in [-0.2, -0.15) is 0 Å². The van der Waals surface area contributed by atoms with E-state index in [4.69, 9.17) is 4.99 Å². The second-order valence-electron chi connectivity index (χ2n) is 6.42. The molecule has 28 heavy (non-hydrogen) atoms. The van der Waals surface area contributed by atoms with Gasteiger partial charge in [0.15, 0.2) is 5.96 Å². The molecule has 8 heteroatoms. The molecule has 1 aromatic carbocycles. The summed E-state index contributed by atoms with van der Waals surface area (Å²) in [7, 11) is 1.99. The molecule has 2 heterocycles. The third-order valence-corrected chi connectivity index (χ3v) is 5.17. The highest BCUT2D eigenvalue weighted by molar-refractivity contribution is 7.09. The molecule has 0 saturated heterocycles. The van der Waals surface area contributed by atoms with Crippen molar-refractivity contribution in [1.29, 1.82) is 0 Å². The predicted octanol–water partition coefficient (Wildman–Crippen LogP) is 3.32. The molecule has 3 rings (SSSR count). The third-order valence-electron chi connectivity index (χ3n) is 4.31. The highest BCUT2D eigenvalue weighted by Gasteiger charge is 2.09. The fraction of sp³-hybridized carbons (Fsp3) is 0.350. The predicted molar refractivity (Wildman–Crippen MR) is 111 cm³/mol. The van der Waals surface area contributed by atoms with Crippen molar-refractivity contribution in [1.82, 2.24) is 25.0 Å². The van der Waals surface area contributed by atoms with Crippen LogP contribution >= 0.6 is 11.3 Å². The van der Waals surface area contributed by atoms with Crippen molar-refractivity contribution in [2.75, 3.05) is 13.6 Å². The molecule has 3 aromatic rings. The first-order chi connectivity index (χ1) is 13.7. The number of hydrogen-bond donors (Lipinski definition) is 1. The van der Waals surface area contributed by atoms with Gasteiger partial charge >= 0.3 is 0 Å². The first kappa shape index (κ1) is 20.0. The molecule has 0 aliphatic rings. The lowest BCUT2D eigenvalue weighted by atomic mass is 10.2. The molecule has 0 aliphatic heterocycles. The average molecular weight is 401 g/mol. The van der Waals surface area contributed by atoms with Crippen LogP contribution in [0.4, 0.5) is 4.39 Å². The maximum Gasteiger partial charge on any atom is 0.194 e. The number of benzene rings is 1. The Morgan fingerprint density at radius 2 is 2.11 bits per heavy atom. The van der Waals surface area contributed by atoms with Crippen LogP contribution in [0.5, 0.6) is 0 Å². The molecule has 0 atom stereocenters. The maximum absolute atomic E-state index is 13.2. The first-order valence-electron chi connectivity index (χ1n) is 9.28. The van der Waals surface area contributed by atoms with E-state index in [-0.39, 0.29) is 5.82 Å². The summed E-state index contributed by atoms with van der Waals surface area (Å²) in [5.41, 5.74) is 1.03. The van der Waals surface area contributed by atoms with Crippen LogP contribution in [0.1, 0.15) is 23.2 Å². The zero-order valence-corrected chi connectivity index (χ0v) is 17.0. The highest BCUT2D eigenvalue weighted by Crippen LogP contribution is 2.11. The number of hydrogen-bond acceptors (Lipinski definition) is 4. The highest BCUT2D eigenvalue weighted by atomic mass is 32.1. The second-order valence-corrected chi connectivity index (χ2v) is 7.45. The largest absolute Gasteiger partial charge is 0.354 e. The van der Waals surface area contributed by atoms with Gasteiger partial charge in [0, 0.05) is 38.0 Å². The molecule has 0 amide bonds. The summed E-state index contributed by atoms with van der Waals surface area (Å²) in [5, 5.41) is 13.6. The second kappa shape index (κ2) is 9.98. The Hall–Kier alpha value is -2.74. The number of aliphatic imine (C=N–C) groups is 1. The van der Waals surface area contributed by atoms with Gasteiger partial charge in [-0.25, -0.2) is 9.38 Å². The molecular formula is C20H25FN6S. The number of nitrogens with zero attached hydrogens (tertiary/aromatic N) is 5. The zero-order chi connectivity index (χ0) is 19.8. The van der Waals surface area contributed by atoms with Crippen LogP contribution in [0.2, 0.25) is 0 Å². The summed E-state index contributed by atoms with van der Waals surface area (Å²) >= 11 is 1.69. The number of halogens is 1. The van der Waals surface area contributed by atoms with Crippen LogP contribution in [0.15, 0.2) is 53.1 Å². The summed E-state index contributed by atoms with van der Waals surface area (Å²) in [6.07, 6.45) is 2.61. The van der Waals surface area contributed by atoms with Crippen molar-refractivity contribution in [2.45, 2.75) is 33.0 Å². The quantitative estimate of drug-likeness (QED) is 0.466. The van der Waals surface area contributed by atoms with Crippen molar-refractivity contribution in [3.8, 4) is 0 Å². The van der Waals surface area contributed by atoms with Crippen LogP contribution in [-0.2, 0) is 26.1 Å². The summed E-state index contributed by atoms with van der Waals surface area (Å²) in [6.45, 7) is 4.81. The van der Waals surface area contributed by atoms with Crippen LogP contribution in [0.3, 0.4) is 0 Å². The molecule has 0 spiro atoms. The van der Waals surface area contributed by atoms with Crippen molar-refractivity contribution in [3.05, 3.63) is 70.2 Å². The minimum Gasteiger partial charge on any atom is -0.354 e. The molecule has 0 fully saturated rings. The normalized spacial score (nSPS) is 11.6. The molecule has 148 valence electrons. The van der Waals surface area contributed by atoms with Crippen LogP contribution in [-0.4, -0.2) is 39.2 Å². The first-order valence-corrected chi connectivity index (χ1v) is 10.2. The molecule has 0 unspecified atom stereocenters. The molecule has 0 bridgehead atoms. The zero-order valence-electron chi connectivity index (χ0n) is 16.2. The Bertz CT molecular complexity index is 873. The topological polar surface area (TPSA) is 58.3 Å². The van der Waals surface area contributed by atoms with Crippen molar-refractivity contribution < 1.29 is 4.39 Å². The SMILES string of the molecule is CCc1nncn1CCNC(=NCc1cccs1)N(C)Cc1ccc(F)cc1. The molecule has 6 nitrogen and oxygen atoms in total. The van der Waals surface area contributed by atoms with E-state index in [9.17, 15) is 4.39 Å². The van der Waals surface area contributed by atoms with Crippen LogP contribution in [0.25, 0.3) is 0 Å². The lowest BCUT2D eigenvalue weighted by Gasteiger charge is -2.23. The van der Waals surface area contributed by atoms with E-state index in [0.717, 1.165) is 30.3 Å². The average Bonchev–Trinajstić information content (AvgIpc) is 3.37. The fourth-order valence-corrected chi connectivity index (χ4v) is 3.46. The van der Waals surface area contributed by atoms with Gasteiger partial charge in [0.1, 0.15) is 18.0 Å². The monoisotopic (exact) mass is 400 g/mol. The standard InChI is InChI=1S/C20H25FN6S/c1-3-19-25-24-15-27(19)11-10-22-20(23-13-18-5-4-12-28-18)26(2)14-16-6-8-17(21)9-7-16/h4-9,12,15H,3,10-11,13-14H2,1-2H3,(H,22,23). The minimum atomic E-state index is -0.225. The molecule has 1 N–H and O–H groups in total. The molecule has 2 aromatic heterocycles. The lowest BCUT2D eigenvalue weighted by Crippen LogP contribution is -2.40. The van der Waals surface area contributed by atoms with E-state index in [1.54, 1.807) is 29.8 Å². The van der Waals surface area contributed by atoms with E-state index >= 15 is 0 Å². The van der Waals surface area contributed by atoms with E-state index in [2.05, 4.69) is 33.9 Å². The number of rotatable bonds is 8. The summed E-state index contributed by atoms with van der Waals surface area (Å²) in [5.74, 6) is 1.55. The third kappa shape index (κ3) is 5.63. The molecular weight excluding hydrogens is 375 g/mol. The Balaban J connectivity index is 1.65. The summed E-state index contributed by atoms with van der Waals surface area (Å²) < 4.78 is 15.2. The molecule has 0 radical (unpaired) electrons. The van der Waals surface area contributed by atoms with Crippen molar-refractivity contribution >= 4 is 17.3 Å². The Kier molecular flexibility index (Phi) is 7.13. The minimum absolute atomic E-state index is 0.225. The Morgan fingerprint density at radius 3 is 2.82 bits per heavy atom. The van der Waals surface area contributed by atoms with Crippen molar-refractivity contribution in [3.63, 3.8) is 0 Å². The number of guanidine groups is 1. The van der Waals surface area contributed by atoms with Gasteiger partial charge < -0.3 is 14.8 Å². The van der Waals surface area contributed by atoms with Crippen LogP contribution in [0, 0.1) is 5.82 Å². The van der Waals surface area contributed by atoms with Gasteiger partial charge in [-0.05, 0) is 29.1 Å². The maximum atomic E-state index is 13.2. The van der Waals surface area contributed by atoms with Gasteiger partial charge in [-0.15, -0.1) is 21.5 Å². The number of aromatic nitrogens is 3. The van der Waals surface area contributed by atoms with Gasteiger partial charge in [0.2, 0.25) is 0 Å². The number of nitrogens with one attached hydrogen (secondary N) is 1. The Morgan fingerprint density at radius 1 is 1.29 bits per heavy atom. The van der Waals surface area contributed by atoms with Gasteiger partial charge in [0.05, 0.1) is 6.54 Å². The van der Waals surface area contributed by atoms with Crippen LogP contribution < -0.4 is 5.32 Å². The Labute approximate surface area is 168 Å². The van der Waals surface area contributed by atoms with E-state index < -0.39 is 0 Å². The van der Waals surface area contributed by atoms with E-state index in [1.165, 1.54) is 17.0 Å². The van der Waals surface area contributed by atoms with Gasteiger partial charge in [-0.1, -0.05) is 25.1 Å². The fourth-order valence-electron chi connectivity index (χ4n) is 2.83. The van der Waals surface area contributed by atoms with E-state index in [1.807, 2.05) is 22.6 Å². The molecule has 0 saturated carbocycles. The van der Waals surface area contributed by atoms with Gasteiger partial charge in [-0.3, -0.25) is 0 Å². The van der Waals surface area contributed by atoms with Crippen molar-refractivity contribution in [2.24, 2.45) is 4.99 Å². The van der Waals surface area contributed by atoms with Gasteiger partial charge in [0.25, 0.3) is 0 Å². The lowest BCUT2D eigenvalue weighted by molar-refractivity contribution is 0.470. The summed E-state index contributed by atoms with van der Waals surface area (Å²) in [6, 6.07) is 10.7. The number of aryl methyl sites for hydroxylation is 1.